The molecule has 0 unspecified atom stereocenters. The van der Waals surface area contributed by atoms with Gasteiger partial charge in [0, 0.05) is 21.9 Å². The molecule has 0 N–H and O–H groups in total. The van der Waals surface area contributed by atoms with Gasteiger partial charge in [0.15, 0.2) is 0 Å². The van der Waals surface area contributed by atoms with E-state index in [4.69, 9.17) is 0 Å². The van der Waals surface area contributed by atoms with Crippen molar-refractivity contribution in [3.8, 4) is 33.4 Å². The average Bonchev–Trinajstić information content (AvgIpc) is 3.91. The van der Waals surface area contributed by atoms with Crippen LogP contribution in [-0.2, 0) is 5.41 Å². The molecule has 0 bridgehead atoms. The number of benzene rings is 14. The van der Waals surface area contributed by atoms with E-state index < -0.39 is 0 Å². The zero-order valence-corrected chi connectivity index (χ0v) is 43.8. The molecule has 1 nitrogen and oxygen atoms in total. The number of nitrogens with zero attached hydrogens (tertiary/aromatic N) is 1. The van der Waals surface area contributed by atoms with Crippen LogP contribution in [0.1, 0.15) is 48.9 Å². The number of rotatable bonds is 9. The summed E-state index contributed by atoms with van der Waals surface area (Å²) in [6.45, 7) is 4.78. The molecule has 15 rings (SSSR count). The van der Waals surface area contributed by atoms with Crippen molar-refractivity contribution in [3.05, 3.63) is 283 Å². The summed E-state index contributed by atoms with van der Waals surface area (Å²) in [6.07, 6.45) is 6.57. The van der Waals surface area contributed by atoms with E-state index in [2.05, 4.69) is 292 Å². The largest absolute Gasteiger partial charge is 0.309 e. The van der Waals surface area contributed by atoms with Gasteiger partial charge in [-0.2, -0.15) is 0 Å². The molecule has 0 amide bonds. The monoisotopic (exact) mass is 993 g/mol. The van der Waals surface area contributed by atoms with Crippen molar-refractivity contribution < 1.29 is 0 Å². The first kappa shape index (κ1) is 45.8. The molecule has 1 heteroatoms. The van der Waals surface area contributed by atoms with Crippen LogP contribution in [0.25, 0.3) is 121 Å². The Morgan fingerprint density at radius 2 is 0.756 bits per heavy atom. The van der Waals surface area contributed by atoms with E-state index in [0.29, 0.717) is 0 Å². The molecule has 0 saturated heterocycles. The van der Waals surface area contributed by atoms with E-state index in [1.54, 1.807) is 0 Å². The summed E-state index contributed by atoms with van der Waals surface area (Å²) in [5.74, 6) is 0. The van der Waals surface area contributed by atoms with E-state index in [0.717, 1.165) is 24.2 Å². The highest BCUT2D eigenvalue weighted by atomic mass is 15.1. The van der Waals surface area contributed by atoms with Crippen LogP contribution in [0.3, 0.4) is 0 Å². The van der Waals surface area contributed by atoms with Crippen molar-refractivity contribution in [2.24, 2.45) is 0 Å². The van der Waals surface area contributed by atoms with Crippen LogP contribution in [0.2, 0.25) is 0 Å². The number of hydrogen-bond acceptors (Lipinski definition) is 1. The Labute approximate surface area is 455 Å². The Balaban J connectivity index is 0.872. The first-order valence-electron chi connectivity index (χ1n) is 27.7. The molecule has 1 aliphatic carbocycles. The van der Waals surface area contributed by atoms with Crippen LogP contribution in [0.15, 0.2) is 261 Å². The van der Waals surface area contributed by atoms with E-state index in [-0.39, 0.29) is 5.41 Å². The van der Waals surface area contributed by atoms with E-state index in [1.165, 1.54) is 137 Å². The van der Waals surface area contributed by atoms with Gasteiger partial charge in [-0.25, -0.2) is 0 Å². The maximum absolute atomic E-state index is 2.58. The van der Waals surface area contributed by atoms with Gasteiger partial charge in [0.05, 0.1) is 11.4 Å². The summed E-state index contributed by atoms with van der Waals surface area (Å²) in [6, 6.07) is 97.7. The third kappa shape index (κ3) is 7.23. The summed E-state index contributed by atoms with van der Waals surface area (Å²) in [5, 5.41) is 17.5. The quantitative estimate of drug-likeness (QED) is 0.103. The molecule has 0 atom stereocenters. The van der Waals surface area contributed by atoms with Crippen LogP contribution in [0, 0.1) is 0 Å². The highest BCUT2D eigenvalue weighted by molar-refractivity contribution is 6.24. The molecule has 0 spiro atoms. The molecule has 368 valence electrons. The maximum Gasteiger partial charge on any atom is 0.0546 e. The van der Waals surface area contributed by atoms with Gasteiger partial charge in [-0.1, -0.05) is 244 Å². The minimum Gasteiger partial charge on any atom is -0.309 e. The van der Waals surface area contributed by atoms with Crippen LogP contribution in [-0.4, -0.2) is 0 Å². The van der Waals surface area contributed by atoms with Crippen LogP contribution in [0.5, 0.6) is 0 Å². The fourth-order valence-corrected chi connectivity index (χ4v) is 13.6. The van der Waals surface area contributed by atoms with Gasteiger partial charge < -0.3 is 4.90 Å². The Hall–Kier alpha value is -9.56. The summed E-state index contributed by atoms with van der Waals surface area (Å²) in [4.78, 5) is 2.58. The molecule has 0 radical (unpaired) electrons. The third-order valence-corrected chi connectivity index (χ3v) is 17.5. The molecule has 1 aliphatic rings. The summed E-state index contributed by atoms with van der Waals surface area (Å²) >= 11 is 0. The van der Waals surface area contributed by atoms with Gasteiger partial charge in [0.1, 0.15) is 0 Å². The van der Waals surface area contributed by atoms with Crippen molar-refractivity contribution in [2.45, 2.75) is 32.1 Å². The topological polar surface area (TPSA) is 3.24 Å². The molecule has 14 aromatic carbocycles. The SMILES string of the molecule is CCC1(CC)c2cc(/C=C/c3ccc4cc(-c5ccccc5)c(-c5ccccc5)cc4c3)ccc2-c2ccc(N(c3cccc4c3ccc3c5ccccc5ccc43)c3cc4c5ccccc5ccc4c4ccccc34)cc21. The summed E-state index contributed by atoms with van der Waals surface area (Å²) < 4.78 is 0. The predicted octanol–water partition coefficient (Wildman–Crippen LogP) is 21.8. The lowest BCUT2D eigenvalue weighted by molar-refractivity contribution is 0.490. The molecule has 78 heavy (non-hydrogen) atoms. The predicted molar refractivity (Wildman–Crippen MR) is 337 cm³/mol. The second kappa shape index (κ2) is 18.3. The highest BCUT2D eigenvalue weighted by Gasteiger charge is 2.41. The lowest BCUT2D eigenvalue weighted by atomic mass is 9.73. The smallest absolute Gasteiger partial charge is 0.0546 e. The third-order valence-electron chi connectivity index (χ3n) is 17.5. The van der Waals surface area contributed by atoms with Crippen molar-refractivity contribution >= 4 is 105 Å². The molecule has 14 aromatic rings. The minimum atomic E-state index is -0.179. The Bertz CT molecular complexity index is 4750. The molecule has 0 aliphatic heterocycles. The Morgan fingerprint density at radius 3 is 1.44 bits per heavy atom. The standard InChI is InChI=1S/C77H55N/c1-3-77(4-2)73-45-51(31-30-50-32-34-56-46-70(52-18-7-5-8-19-52)71(47-57(56)44-50)53-20-9-6-10-21-53)33-38-66(73)67-41-37-58(48-74(67)77)78(75-29-17-28-62-64-39-35-54-22-11-13-24-59(54)63(64)42-43-69(62)75)76-49-72-60-25-14-12-23-55(60)36-40-65(72)61-26-15-16-27-68(61)76/h5-49H,3-4H2,1-2H3/b31-30+. The Kier molecular flexibility index (Phi) is 10.8. The number of hydrogen-bond donors (Lipinski definition) is 0. The van der Waals surface area contributed by atoms with Crippen LogP contribution in [0.4, 0.5) is 17.1 Å². The van der Waals surface area contributed by atoms with Gasteiger partial charge in [0.25, 0.3) is 0 Å². The van der Waals surface area contributed by atoms with E-state index in [1.807, 2.05) is 0 Å². The van der Waals surface area contributed by atoms with Gasteiger partial charge >= 0.3 is 0 Å². The van der Waals surface area contributed by atoms with Crippen molar-refractivity contribution in [1.82, 2.24) is 0 Å². The maximum atomic E-state index is 2.58. The van der Waals surface area contributed by atoms with Gasteiger partial charge in [-0.3, -0.25) is 0 Å². The first-order chi connectivity index (χ1) is 38.5. The van der Waals surface area contributed by atoms with E-state index in [9.17, 15) is 0 Å². The zero-order valence-electron chi connectivity index (χ0n) is 43.8. The Morgan fingerprint density at radius 1 is 0.295 bits per heavy atom. The van der Waals surface area contributed by atoms with Gasteiger partial charge in [-0.05, 0) is 176 Å². The highest BCUT2D eigenvalue weighted by Crippen LogP contribution is 2.56. The van der Waals surface area contributed by atoms with E-state index >= 15 is 0 Å². The van der Waals surface area contributed by atoms with Gasteiger partial charge in [-0.15, -0.1) is 0 Å². The fourth-order valence-electron chi connectivity index (χ4n) is 13.6. The normalized spacial score (nSPS) is 12.9. The fraction of sp³-hybridized carbons (Fsp3) is 0.0649. The summed E-state index contributed by atoms with van der Waals surface area (Å²) in [5.41, 5.74) is 16.1. The second-order valence-corrected chi connectivity index (χ2v) is 21.4. The van der Waals surface area contributed by atoms with Crippen molar-refractivity contribution in [2.75, 3.05) is 4.90 Å². The van der Waals surface area contributed by atoms with Crippen LogP contribution < -0.4 is 4.90 Å². The number of fused-ring (bicyclic) bond motifs is 14. The summed E-state index contributed by atoms with van der Waals surface area (Å²) in [7, 11) is 0. The second-order valence-electron chi connectivity index (χ2n) is 21.4. The molecule has 0 fully saturated rings. The molecular formula is C77H55N. The lowest BCUT2D eigenvalue weighted by Crippen LogP contribution is -2.23. The molecular weight excluding hydrogens is 939 g/mol. The number of anilines is 3. The molecule has 0 saturated carbocycles. The lowest BCUT2D eigenvalue weighted by Gasteiger charge is -2.33. The van der Waals surface area contributed by atoms with Gasteiger partial charge in [0.2, 0.25) is 0 Å². The van der Waals surface area contributed by atoms with Crippen LogP contribution >= 0.6 is 0 Å². The molecule has 0 heterocycles. The van der Waals surface area contributed by atoms with Crippen molar-refractivity contribution in [1.29, 1.82) is 0 Å². The van der Waals surface area contributed by atoms with Crippen molar-refractivity contribution in [3.63, 3.8) is 0 Å². The average molecular weight is 994 g/mol. The molecule has 0 aromatic heterocycles. The first-order valence-corrected chi connectivity index (χ1v) is 27.7. The zero-order chi connectivity index (χ0) is 51.9. The minimum absolute atomic E-state index is 0.179.